The zero-order valence-electron chi connectivity index (χ0n) is 27.6. The molecule has 2 heterocycles. The van der Waals surface area contributed by atoms with E-state index in [4.69, 9.17) is 9.72 Å². The number of benzene rings is 2. The smallest absolute Gasteiger partial charge is 0.416 e. The molecule has 4 aromatic rings. The van der Waals surface area contributed by atoms with Crippen LogP contribution in [0.15, 0.2) is 60.9 Å². The van der Waals surface area contributed by atoms with Crippen molar-refractivity contribution < 1.29 is 31.1 Å². The van der Waals surface area contributed by atoms with Crippen molar-refractivity contribution in [2.45, 2.75) is 76.8 Å². The van der Waals surface area contributed by atoms with Gasteiger partial charge in [-0.15, -0.1) is 0 Å². The van der Waals surface area contributed by atoms with Crippen molar-refractivity contribution in [2.75, 3.05) is 35.4 Å². The van der Waals surface area contributed by atoms with Crippen LogP contribution in [0.25, 0.3) is 10.9 Å². The highest BCUT2D eigenvalue weighted by Gasteiger charge is 2.38. The lowest BCUT2D eigenvalue weighted by Crippen LogP contribution is -2.31. The Kier molecular flexibility index (Phi) is 12.2. The number of aromatic nitrogens is 3. The van der Waals surface area contributed by atoms with Gasteiger partial charge in [-0.3, -0.25) is 0 Å². The molecular weight excluding hydrogens is 664 g/mol. The summed E-state index contributed by atoms with van der Waals surface area (Å²) < 4.78 is 89.4. The summed E-state index contributed by atoms with van der Waals surface area (Å²) in [5.41, 5.74) is -1.41. The van der Waals surface area contributed by atoms with E-state index in [-0.39, 0.29) is 30.5 Å². The van der Waals surface area contributed by atoms with Crippen LogP contribution in [-0.2, 0) is 18.9 Å². The minimum absolute atomic E-state index is 0.0611. The molecule has 2 aromatic carbocycles. The predicted molar refractivity (Wildman–Crippen MR) is 183 cm³/mol. The van der Waals surface area contributed by atoms with Crippen molar-refractivity contribution in [3.8, 4) is 5.75 Å². The SMILES string of the molecule is CCC(c1cc(C(F)(F)F)cc(C(F)(F)F)c1)N(Cc1cc2ccccc2nc1NCCCC1CCCC1)c1ncc(OCCSC)cn1. The Balaban J connectivity index is 1.55. The van der Waals surface area contributed by atoms with E-state index >= 15 is 0 Å². The first-order valence-corrected chi connectivity index (χ1v) is 18.0. The average Bonchev–Trinajstić information content (AvgIpc) is 3.60. The van der Waals surface area contributed by atoms with Gasteiger partial charge in [-0.05, 0) is 67.3 Å². The van der Waals surface area contributed by atoms with Gasteiger partial charge < -0.3 is 15.0 Å². The molecule has 0 aliphatic heterocycles. The Hall–Kier alpha value is -3.74. The molecule has 2 aromatic heterocycles. The van der Waals surface area contributed by atoms with Crippen LogP contribution >= 0.6 is 11.8 Å². The number of ether oxygens (including phenoxy) is 1. The second-order valence-electron chi connectivity index (χ2n) is 12.4. The van der Waals surface area contributed by atoms with Crippen LogP contribution in [0, 0.1) is 5.92 Å². The maximum atomic E-state index is 14.0. The van der Waals surface area contributed by atoms with Crippen LogP contribution in [0.1, 0.15) is 80.2 Å². The van der Waals surface area contributed by atoms with Crippen molar-refractivity contribution in [1.29, 1.82) is 0 Å². The zero-order valence-corrected chi connectivity index (χ0v) is 28.4. The maximum absolute atomic E-state index is 14.0. The fourth-order valence-corrected chi connectivity index (χ4v) is 6.67. The number of fused-ring (bicyclic) bond motifs is 1. The minimum Gasteiger partial charge on any atom is -0.489 e. The molecule has 1 saturated carbocycles. The highest BCUT2D eigenvalue weighted by molar-refractivity contribution is 7.98. The van der Waals surface area contributed by atoms with Gasteiger partial charge in [0.2, 0.25) is 5.95 Å². The molecular formula is C36H41F6N5OS. The number of pyridine rings is 1. The molecule has 0 saturated heterocycles. The zero-order chi connectivity index (χ0) is 35.0. The number of halogens is 6. The first-order chi connectivity index (χ1) is 23.5. The molecule has 264 valence electrons. The summed E-state index contributed by atoms with van der Waals surface area (Å²) in [6, 6.07) is 10.3. The lowest BCUT2D eigenvalue weighted by atomic mass is 9.96. The summed E-state index contributed by atoms with van der Waals surface area (Å²) in [5, 5.41) is 4.33. The van der Waals surface area contributed by atoms with Crippen LogP contribution < -0.4 is 15.0 Å². The summed E-state index contributed by atoms with van der Waals surface area (Å²) in [5.74, 6) is 2.61. The molecule has 1 aliphatic rings. The van der Waals surface area contributed by atoms with Gasteiger partial charge in [-0.1, -0.05) is 50.8 Å². The number of hydrogen-bond donors (Lipinski definition) is 1. The van der Waals surface area contributed by atoms with Crippen LogP contribution in [0.3, 0.4) is 0 Å². The summed E-state index contributed by atoms with van der Waals surface area (Å²) in [4.78, 5) is 15.5. The monoisotopic (exact) mass is 705 g/mol. The standard InChI is InChI=1S/C36H41F6N5OS/c1-3-32(26-18-28(35(37,38)39)20-29(19-26)36(40,41)42)47(34-44-21-30(22-45-34)48-15-16-49-2)23-27-17-25-12-6-7-13-31(25)46-33(27)43-14-8-11-24-9-4-5-10-24/h6-7,12-13,17-22,24,32H,3-5,8-11,14-16,23H2,1-2H3,(H,43,46). The lowest BCUT2D eigenvalue weighted by Gasteiger charge is -2.33. The number of alkyl halides is 6. The molecule has 1 atom stereocenters. The molecule has 6 nitrogen and oxygen atoms in total. The van der Waals surface area contributed by atoms with E-state index in [1.54, 1.807) is 23.6 Å². The van der Waals surface area contributed by atoms with Crippen molar-refractivity contribution in [3.63, 3.8) is 0 Å². The second kappa shape index (κ2) is 16.3. The van der Waals surface area contributed by atoms with E-state index in [1.807, 2.05) is 36.6 Å². The third-order valence-corrected chi connectivity index (χ3v) is 9.46. The topological polar surface area (TPSA) is 63.2 Å². The van der Waals surface area contributed by atoms with E-state index in [1.165, 1.54) is 38.1 Å². The van der Waals surface area contributed by atoms with Crippen molar-refractivity contribution >= 4 is 34.4 Å². The molecule has 5 rings (SSSR count). The summed E-state index contributed by atoms with van der Waals surface area (Å²) in [6.07, 6.45) is 2.18. The van der Waals surface area contributed by atoms with Crippen molar-refractivity contribution in [2.24, 2.45) is 5.92 Å². The van der Waals surface area contributed by atoms with Gasteiger partial charge in [0, 0.05) is 23.2 Å². The van der Waals surface area contributed by atoms with E-state index in [2.05, 4.69) is 15.3 Å². The Morgan fingerprint density at radius 1 is 0.959 bits per heavy atom. The minimum atomic E-state index is -4.98. The van der Waals surface area contributed by atoms with E-state index in [9.17, 15) is 26.3 Å². The largest absolute Gasteiger partial charge is 0.489 e. The van der Waals surface area contributed by atoms with Gasteiger partial charge in [0.05, 0.1) is 48.2 Å². The van der Waals surface area contributed by atoms with Gasteiger partial charge in [-0.2, -0.15) is 38.1 Å². The summed E-state index contributed by atoms with van der Waals surface area (Å²) >= 11 is 1.61. The maximum Gasteiger partial charge on any atom is 0.416 e. The summed E-state index contributed by atoms with van der Waals surface area (Å²) in [7, 11) is 0. The number of rotatable bonds is 15. The lowest BCUT2D eigenvalue weighted by molar-refractivity contribution is -0.143. The number of thioether (sulfide) groups is 1. The number of nitrogens with one attached hydrogen (secondary N) is 1. The van der Waals surface area contributed by atoms with Gasteiger partial charge in [0.1, 0.15) is 5.82 Å². The quantitative estimate of drug-likeness (QED) is 0.0976. The molecule has 1 N–H and O–H groups in total. The molecule has 0 spiro atoms. The summed E-state index contributed by atoms with van der Waals surface area (Å²) in [6.45, 7) is 2.87. The molecule has 0 bridgehead atoms. The van der Waals surface area contributed by atoms with Crippen LogP contribution in [0.4, 0.5) is 38.1 Å². The van der Waals surface area contributed by atoms with Crippen LogP contribution in [0.5, 0.6) is 5.75 Å². The highest BCUT2D eigenvalue weighted by Crippen LogP contribution is 2.40. The molecule has 0 amide bonds. The predicted octanol–water partition coefficient (Wildman–Crippen LogP) is 10.3. The van der Waals surface area contributed by atoms with Crippen molar-refractivity contribution in [3.05, 3.63) is 83.2 Å². The van der Waals surface area contributed by atoms with E-state index in [0.717, 1.165) is 47.5 Å². The third kappa shape index (κ3) is 9.70. The molecule has 49 heavy (non-hydrogen) atoms. The molecule has 1 aliphatic carbocycles. The Morgan fingerprint density at radius 3 is 2.27 bits per heavy atom. The Morgan fingerprint density at radius 2 is 1.63 bits per heavy atom. The number of hydrogen-bond acceptors (Lipinski definition) is 7. The first kappa shape index (κ1) is 36.5. The Labute approximate surface area is 287 Å². The van der Waals surface area contributed by atoms with Crippen LogP contribution in [-0.4, -0.2) is 40.1 Å². The molecule has 13 heteroatoms. The normalized spacial score (nSPS) is 14.7. The Bertz CT molecular complexity index is 1630. The fraction of sp³-hybridized carbons (Fsp3) is 0.472. The fourth-order valence-electron chi connectivity index (χ4n) is 6.42. The highest BCUT2D eigenvalue weighted by atomic mass is 32.2. The first-order valence-electron chi connectivity index (χ1n) is 16.6. The van der Waals surface area contributed by atoms with Gasteiger partial charge in [0.25, 0.3) is 0 Å². The van der Waals surface area contributed by atoms with Gasteiger partial charge in [0.15, 0.2) is 5.75 Å². The number of para-hydroxylation sites is 1. The second-order valence-corrected chi connectivity index (χ2v) is 13.3. The van der Waals surface area contributed by atoms with E-state index < -0.39 is 29.5 Å². The van der Waals surface area contributed by atoms with Crippen LogP contribution in [0.2, 0.25) is 0 Å². The molecule has 0 radical (unpaired) electrons. The van der Waals surface area contributed by atoms with Gasteiger partial charge >= 0.3 is 12.4 Å². The van der Waals surface area contributed by atoms with Gasteiger partial charge in [-0.25, -0.2) is 15.0 Å². The van der Waals surface area contributed by atoms with E-state index in [0.29, 0.717) is 30.3 Å². The molecule has 1 fully saturated rings. The third-order valence-electron chi connectivity index (χ3n) is 8.89. The number of anilines is 2. The average molecular weight is 706 g/mol. The van der Waals surface area contributed by atoms with Crippen molar-refractivity contribution in [1.82, 2.24) is 15.0 Å². The molecule has 1 unspecified atom stereocenters. The number of nitrogens with zero attached hydrogens (tertiary/aromatic N) is 4.